The minimum Gasteiger partial charge on any atom is -0.325 e. The summed E-state index contributed by atoms with van der Waals surface area (Å²) in [4.78, 5) is 12.5. The Kier molecular flexibility index (Phi) is 6.61. The Labute approximate surface area is 194 Å². The van der Waals surface area contributed by atoms with Gasteiger partial charge in [-0.25, -0.2) is 0 Å². The molecule has 0 aliphatic heterocycles. The molecule has 0 bridgehead atoms. The molecule has 4 aromatic rings. The molecule has 31 heavy (non-hydrogen) atoms. The number of nitrogens with one attached hydrogen (secondary N) is 1. The molecule has 1 heterocycles. The molecule has 0 saturated heterocycles. The number of hydrogen-bond acceptors (Lipinski definition) is 4. The van der Waals surface area contributed by atoms with Gasteiger partial charge in [-0.1, -0.05) is 70.9 Å². The molecule has 3 aromatic carbocycles. The van der Waals surface area contributed by atoms with Gasteiger partial charge >= 0.3 is 0 Å². The first-order chi connectivity index (χ1) is 15.0. The Morgan fingerprint density at radius 2 is 1.68 bits per heavy atom. The maximum absolute atomic E-state index is 12.5. The fourth-order valence-electron chi connectivity index (χ4n) is 3.00. The van der Waals surface area contributed by atoms with Gasteiger partial charge in [-0.3, -0.25) is 9.36 Å². The van der Waals surface area contributed by atoms with Gasteiger partial charge in [0.25, 0.3) is 0 Å². The highest BCUT2D eigenvalue weighted by molar-refractivity contribution is 7.99. The van der Waals surface area contributed by atoms with Crippen LogP contribution >= 0.6 is 35.0 Å². The molecule has 1 amide bonds. The van der Waals surface area contributed by atoms with E-state index in [0.29, 0.717) is 26.7 Å². The number of aryl methyl sites for hydroxylation is 1. The molecule has 0 radical (unpaired) electrons. The van der Waals surface area contributed by atoms with Gasteiger partial charge in [-0.2, -0.15) is 0 Å². The molecule has 0 spiro atoms. The molecule has 0 fully saturated rings. The Morgan fingerprint density at radius 1 is 0.968 bits per heavy atom. The van der Waals surface area contributed by atoms with Crippen LogP contribution in [0.4, 0.5) is 5.69 Å². The summed E-state index contributed by atoms with van der Waals surface area (Å²) in [7, 11) is 0. The molecule has 8 heteroatoms. The minimum absolute atomic E-state index is 0.157. The summed E-state index contributed by atoms with van der Waals surface area (Å²) in [5.74, 6) is 0.672. The van der Waals surface area contributed by atoms with Crippen LogP contribution in [0.1, 0.15) is 5.56 Å². The van der Waals surface area contributed by atoms with E-state index in [-0.39, 0.29) is 11.7 Å². The van der Waals surface area contributed by atoms with Crippen molar-refractivity contribution in [1.29, 1.82) is 0 Å². The number of aromatic nitrogens is 3. The van der Waals surface area contributed by atoms with Gasteiger partial charge in [0, 0.05) is 27.0 Å². The number of rotatable bonds is 6. The summed E-state index contributed by atoms with van der Waals surface area (Å²) in [6.07, 6.45) is 0. The second-order valence-electron chi connectivity index (χ2n) is 6.83. The topological polar surface area (TPSA) is 59.8 Å². The largest absolute Gasteiger partial charge is 0.325 e. The number of carbonyl (C=O) groups is 1. The van der Waals surface area contributed by atoms with Gasteiger partial charge in [0.15, 0.2) is 11.0 Å². The van der Waals surface area contributed by atoms with E-state index in [0.717, 1.165) is 16.8 Å². The average Bonchev–Trinajstić information content (AvgIpc) is 3.17. The van der Waals surface area contributed by atoms with E-state index >= 15 is 0 Å². The predicted octanol–water partition coefficient (Wildman–Crippen LogP) is 6.28. The lowest BCUT2D eigenvalue weighted by molar-refractivity contribution is -0.113. The molecular weight excluding hydrogens is 451 g/mol. The second kappa shape index (κ2) is 9.56. The van der Waals surface area contributed by atoms with Crippen LogP contribution < -0.4 is 5.32 Å². The maximum atomic E-state index is 12.5. The lowest BCUT2D eigenvalue weighted by Gasteiger charge is -2.11. The van der Waals surface area contributed by atoms with E-state index < -0.39 is 0 Å². The molecular formula is C23H18Cl2N4OS. The number of benzene rings is 3. The smallest absolute Gasteiger partial charge is 0.234 e. The van der Waals surface area contributed by atoms with E-state index in [2.05, 4.69) is 15.5 Å². The van der Waals surface area contributed by atoms with Crippen molar-refractivity contribution in [3.8, 4) is 17.1 Å². The number of anilines is 1. The normalized spacial score (nSPS) is 10.8. The molecule has 5 nitrogen and oxygen atoms in total. The van der Waals surface area contributed by atoms with Crippen molar-refractivity contribution in [3.05, 3.63) is 88.4 Å². The van der Waals surface area contributed by atoms with Crippen LogP contribution in [0.5, 0.6) is 0 Å². The lowest BCUT2D eigenvalue weighted by atomic mass is 10.2. The van der Waals surface area contributed by atoms with E-state index in [1.165, 1.54) is 11.8 Å². The average molecular weight is 469 g/mol. The number of nitrogens with zero attached hydrogens (tertiary/aromatic N) is 3. The number of amides is 1. The highest BCUT2D eigenvalue weighted by Gasteiger charge is 2.17. The van der Waals surface area contributed by atoms with E-state index in [1.54, 1.807) is 24.3 Å². The fourth-order valence-corrected chi connectivity index (χ4v) is 4.13. The van der Waals surface area contributed by atoms with Gasteiger partial charge in [0.1, 0.15) is 0 Å². The molecule has 4 rings (SSSR count). The van der Waals surface area contributed by atoms with Crippen molar-refractivity contribution >= 4 is 46.6 Å². The first-order valence-corrected chi connectivity index (χ1v) is 11.2. The van der Waals surface area contributed by atoms with E-state index in [9.17, 15) is 4.79 Å². The number of hydrogen-bond donors (Lipinski definition) is 1. The summed E-state index contributed by atoms with van der Waals surface area (Å²) in [6, 6.07) is 22.6. The zero-order chi connectivity index (χ0) is 21.8. The molecule has 1 aromatic heterocycles. The molecule has 0 atom stereocenters. The standard InChI is InChI=1S/C23H18Cl2N4OS/c1-15-8-10-20(11-9-15)29-22(16-4-2-5-17(24)12-16)27-28-23(29)31-14-21(30)26-19-7-3-6-18(25)13-19/h2-13H,14H2,1H3,(H,26,30). The van der Waals surface area contributed by atoms with Crippen LogP contribution in [0.2, 0.25) is 10.0 Å². The van der Waals surface area contributed by atoms with Crippen molar-refractivity contribution in [2.24, 2.45) is 0 Å². The second-order valence-corrected chi connectivity index (χ2v) is 8.65. The third-order valence-corrected chi connectivity index (χ3v) is 5.85. The van der Waals surface area contributed by atoms with Gasteiger partial charge in [0.05, 0.1) is 5.75 Å². The summed E-state index contributed by atoms with van der Waals surface area (Å²) in [6.45, 7) is 2.03. The maximum Gasteiger partial charge on any atom is 0.234 e. The zero-order valence-electron chi connectivity index (χ0n) is 16.5. The van der Waals surface area contributed by atoms with Crippen LogP contribution in [-0.2, 0) is 4.79 Å². The van der Waals surface area contributed by atoms with Crippen LogP contribution in [0.25, 0.3) is 17.1 Å². The Bertz CT molecular complexity index is 1220. The van der Waals surface area contributed by atoms with Crippen molar-refractivity contribution in [1.82, 2.24) is 14.8 Å². The van der Waals surface area contributed by atoms with Gasteiger partial charge in [-0.15, -0.1) is 10.2 Å². The number of thioether (sulfide) groups is 1. The van der Waals surface area contributed by atoms with E-state index in [4.69, 9.17) is 23.2 Å². The monoisotopic (exact) mass is 468 g/mol. The number of carbonyl (C=O) groups excluding carboxylic acids is 1. The highest BCUT2D eigenvalue weighted by Crippen LogP contribution is 2.29. The summed E-state index contributed by atoms with van der Waals surface area (Å²) in [5.41, 5.74) is 3.55. The fraction of sp³-hybridized carbons (Fsp3) is 0.0870. The Hall–Kier alpha value is -2.80. The third-order valence-electron chi connectivity index (χ3n) is 4.45. The quantitative estimate of drug-likeness (QED) is 0.338. The summed E-state index contributed by atoms with van der Waals surface area (Å²) >= 11 is 13.5. The molecule has 0 aliphatic carbocycles. The SMILES string of the molecule is Cc1ccc(-n2c(SCC(=O)Nc3cccc(Cl)c3)nnc2-c2cccc(Cl)c2)cc1. The highest BCUT2D eigenvalue weighted by atomic mass is 35.5. The van der Waals surface area contributed by atoms with Gasteiger partial charge in [-0.05, 0) is 49.4 Å². The van der Waals surface area contributed by atoms with E-state index in [1.807, 2.05) is 60.0 Å². The molecule has 1 N–H and O–H groups in total. The Morgan fingerprint density at radius 3 is 2.39 bits per heavy atom. The summed E-state index contributed by atoms with van der Waals surface area (Å²) < 4.78 is 1.93. The molecule has 0 unspecified atom stereocenters. The minimum atomic E-state index is -0.157. The van der Waals surface area contributed by atoms with Crippen molar-refractivity contribution < 1.29 is 4.79 Å². The first-order valence-electron chi connectivity index (χ1n) is 9.46. The summed E-state index contributed by atoms with van der Waals surface area (Å²) in [5, 5.41) is 13.4. The predicted molar refractivity (Wildman–Crippen MR) is 127 cm³/mol. The third kappa shape index (κ3) is 5.28. The van der Waals surface area contributed by atoms with Gasteiger partial charge in [0.2, 0.25) is 5.91 Å². The van der Waals surface area contributed by atoms with Crippen LogP contribution in [0.3, 0.4) is 0 Å². The molecule has 0 aliphatic rings. The molecule has 156 valence electrons. The van der Waals surface area contributed by atoms with Crippen LogP contribution in [-0.4, -0.2) is 26.4 Å². The van der Waals surface area contributed by atoms with Crippen molar-refractivity contribution in [2.75, 3.05) is 11.1 Å². The van der Waals surface area contributed by atoms with Crippen molar-refractivity contribution in [2.45, 2.75) is 12.1 Å². The van der Waals surface area contributed by atoms with Crippen LogP contribution in [0, 0.1) is 6.92 Å². The lowest BCUT2D eigenvalue weighted by Crippen LogP contribution is -2.14. The zero-order valence-corrected chi connectivity index (χ0v) is 18.9. The first kappa shape index (κ1) is 21.4. The number of halogens is 2. The van der Waals surface area contributed by atoms with Crippen molar-refractivity contribution in [3.63, 3.8) is 0 Å². The van der Waals surface area contributed by atoms with Gasteiger partial charge < -0.3 is 5.32 Å². The Balaban J connectivity index is 1.61. The van der Waals surface area contributed by atoms with Crippen LogP contribution in [0.15, 0.2) is 78.0 Å². The molecule has 0 saturated carbocycles.